The molecule has 3 rings (SSSR count). The molecule has 0 spiro atoms. The summed E-state index contributed by atoms with van der Waals surface area (Å²) in [6.45, 7) is 6.17. The van der Waals surface area contributed by atoms with Crippen molar-refractivity contribution in [3.8, 4) is 0 Å². The Morgan fingerprint density at radius 3 is 2.63 bits per heavy atom. The molecule has 2 fully saturated rings. The van der Waals surface area contributed by atoms with E-state index in [2.05, 4.69) is 13.8 Å². The van der Waals surface area contributed by atoms with Crippen molar-refractivity contribution in [2.75, 3.05) is 13.7 Å². The molecule has 0 amide bonds. The first-order valence-electron chi connectivity index (χ1n) is 9.98. The highest BCUT2D eigenvalue weighted by Crippen LogP contribution is 2.62. The van der Waals surface area contributed by atoms with Crippen LogP contribution in [0.25, 0.3) is 0 Å². The zero-order valence-corrected chi connectivity index (χ0v) is 16.8. The lowest BCUT2D eigenvalue weighted by molar-refractivity contribution is -0.173. The number of hydrogen-bond donors (Lipinski definition) is 2. The van der Waals surface area contributed by atoms with E-state index < -0.39 is 28.5 Å². The molecule has 27 heavy (non-hydrogen) atoms. The van der Waals surface area contributed by atoms with Gasteiger partial charge in [-0.05, 0) is 43.8 Å². The molecule has 0 aromatic rings. The molecular formula is C22H32O5. The van der Waals surface area contributed by atoms with Gasteiger partial charge in [0.25, 0.3) is 0 Å². The number of carbonyl (C=O) groups excluding carboxylic acids is 2. The van der Waals surface area contributed by atoms with E-state index in [-0.39, 0.29) is 30.5 Å². The zero-order valence-electron chi connectivity index (χ0n) is 16.8. The molecule has 150 valence electrons. The molecule has 2 saturated carbocycles. The van der Waals surface area contributed by atoms with Crippen molar-refractivity contribution in [1.82, 2.24) is 0 Å². The molecule has 0 heterocycles. The van der Waals surface area contributed by atoms with Gasteiger partial charge >= 0.3 is 0 Å². The number of fused-ring (bicyclic) bond motifs is 1. The minimum atomic E-state index is -1.17. The first kappa shape index (κ1) is 20.4. The van der Waals surface area contributed by atoms with E-state index in [9.17, 15) is 19.8 Å². The summed E-state index contributed by atoms with van der Waals surface area (Å²) < 4.78 is 4.99. The topological polar surface area (TPSA) is 83.8 Å². The number of ketones is 2. The molecule has 0 aliphatic heterocycles. The van der Waals surface area contributed by atoms with Crippen LogP contribution in [-0.4, -0.2) is 47.2 Å². The number of rotatable bonds is 5. The number of aliphatic hydroxyl groups is 2. The second kappa shape index (κ2) is 6.94. The van der Waals surface area contributed by atoms with Crippen molar-refractivity contribution >= 4 is 11.6 Å². The van der Waals surface area contributed by atoms with Gasteiger partial charge < -0.3 is 14.9 Å². The first-order valence-corrected chi connectivity index (χ1v) is 9.98. The number of carbonyl (C=O) groups is 2. The third kappa shape index (κ3) is 2.95. The Kier molecular flexibility index (Phi) is 5.26. The van der Waals surface area contributed by atoms with Gasteiger partial charge in [0, 0.05) is 30.3 Å². The molecule has 3 aliphatic rings. The monoisotopic (exact) mass is 376 g/mol. The summed E-state index contributed by atoms with van der Waals surface area (Å²) in [5, 5.41) is 22.6. The van der Waals surface area contributed by atoms with Crippen molar-refractivity contribution in [3.63, 3.8) is 0 Å². The summed E-state index contributed by atoms with van der Waals surface area (Å²) >= 11 is 0. The standard InChI is InChI=1S/C22H32O5/c1-5-14-10-16(23)8-9-20(14,2)21(3)11-15-6-7-17(18(24)13-27-4)22(15,26)12-19(21)25/h8-10,15,17,19,25-26H,5-7,11-13H2,1-4H3. The van der Waals surface area contributed by atoms with Gasteiger partial charge in [0.2, 0.25) is 0 Å². The molecule has 0 bridgehead atoms. The van der Waals surface area contributed by atoms with Crippen molar-refractivity contribution < 1.29 is 24.5 Å². The number of methoxy groups -OCH3 is 1. The molecule has 0 radical (unpaired) electrons. The summed E-state index contributed by atoms with van der Waals surface area (Å²) in [5.41, 5.74) is -1.12. The van der Waals surface area contributed by atoms with Crippen LogP contribution >= 0.6 is 0 Å². The van der Waals surface area contributed by atoms with Crippen LogP contribution in [0, 0.1) is 22.7 Å². The lowest BCUT2D eigenvalue weighted by atomic mass is 9.49. The van der Waals surface area contributed by atoms with E-state index in [1.165, 1.54) is 7.11 Å². The van der Waals surface area contributed by atoms with E-state index in [0.29, 0.717) is 12.8 Å². The molecule has 6 atom stereocenters. The third-order valence-electron chi connectivity index (χ3n) is 7.85. The summed E-state index contributed by atoms with van der Waals surface area (Å²) in [7, 11) is 1.48. The van der Waals surface area contributed by atoms with Gasteiger partial charge in [0.05, 0.1) is 11.7 Å². The highest BCUT2D eigenvalue weighted by Gasteiger charge is 2.63. The minimum Gasteiger partial charge on any atom is -0.392 e. The van der Waals surface area contributed by atoms with Gasteiger partial charge in [-0.2, -0.15) is 0 Å². The van der Waals surface area contributed by atoms with Gasteiger partial charge in [-0.3, -0.25) is 9.59 Å². The van der Waals surface area contributed by atoms with Gasteiger partial charge in [-0.25, -0.2) is 0 Å². The number of Topliss-reactive ketones (excluding diaryl/α,β-unsaturated/α-hetero) is 1. The van der Waals surface area contributed by atoms with Crippen LogP contribution in [0.5, 0.6) is 0 Å². The van der Waals surface area contributed by atoms with Gasteiger partial charge in [-0.15, -0.1) is 0 Å². The fraction of sp³-hybridized carbons (Fsp3) is 0.727. The van der Waals surface area contributed by atoms with Gasteiger partial charge in [-0.1, -0.05) is 32.4 Å². The maximum absolute atomic E-state index is 12.4. The van der Waals surface area contributed by atoms with Crippen LogP contribution in [0.3, 0.4) is 0 Å². The average molecular weight is 376 g/mol. The summed E-state index contributed by atoms with van der Waals surface area (Å²) in [6, 6.07) is 0. The lowest BCUT2D eigenvalue weighted by Crippen LogP contribution is -2.59. The van der Waals surface area contributed by atoms with Crippen LogP contribution < -0.4 is 0 Å². The first-order chi connectivity index (χ1) is 12.6. The minimum absolute atomic E-state index is 0.00164. The maximum Gasteiger partial charge on any atom is 0.178 e. The van der Waals surface area contributed by atoms with Gasteiger partial charge in [0.15, 0.2) is 11.6 Å². The highest BCUT2D eigenvalue weighted by atomic mass is 16.5. The SMILES string of the molecule is CCC1=CC(=O)C=CC1(C)C1(C)CC2CCC(C(=O)COC)C2(O)CC1O. The Balaban J connectivity index is 1.94. The molecular weight excluding hydrogens is 344 g/mol. The molecule has 5 nitrogen and oxygen atoms in total. The number of allylic oxidation sites excluding steroid dienone is 4. The average Bonchev–Trinajstić information content (AvgIpc) is 2.93. The van der Waals surface area contributed by atoms with Crippen LogP contribution in [0.15, 0.2) is 23.8 Å². The smallest absolute Gasteiger partial charge is 0.178 e. The largest absolute Gasteiger partial charge is 0.392 e. The molecule has 0 aromatic heterocycles. The van der Waals surface area contributed by atoms with E-state index in [4.69, 9.17) is 4.74 Å². The quantitative estimate of drug-likeness (QED) is 0.771. The summed E-state index contributed by atoms with van der Waals surface area (Å²) in [5.74, 6) is -0.612. The fourth-order valence-corrected chi connectivity index (χ4v) is 5.92. The predicted octanol–water partition coefficient (Wildman–Crippen LogP) is 2.60. The lowest BCUT2D eigenvalue weighted by Gasteiger charge is -2.57. The number of ether oxygens (including phenoxy) is 1. The predicted molar refractivity (Wildman–Crippen MR) is 102 cm³/mol. The zero-order chi connectivity index (χ0) is 20.0. The normalized spacial score (nSPS) is 44.1. The molecule has 2 N–H and O–H groups in total. The Bertz CT molecular complexity index is 695. The van der Waals surface area contributed by atoms with Crippen molar-refractivity contribution in [3.05, 3.63) is 23.8 Å². The maximum atomic E-state index is 12.4. The highest BCUT2D eigenvalue weighted by molar-refractivity contribution is 6.01. The van der Waals surface area contributed by atoms with Crippen LogP contribution in [0.2, 0.25) is 0 Å². The van der Waals surface area contributed by atoms with E-state index in [1.807, 2.05) is 13.0 Å². The molecule has 3 aliphatic carbocycles. The van der Waals surface area contributed by atoms with Gasteiger partial charge in [0.1, 0.15) is 6.61 Å². The van der Waals surface area contributed by atoms with Crippen molar-refractivity contribution in [2.45, 2.75) is 64.6 Å². The number of hydrogen-bond acceptors (Lipinski definition) is 5. The van der Waals surface area contributed by atoms with Crippen molar-refractivity contribution in [1.29, 1.82) is 0 Å². The Hall–Kier alpha value is -1.30. The van der Waals surface area contributed by atoms with Crippen molar-refractivity contribution in [2.24, 2.45) is 22.7 Å². The van der Waals surface area contributed by atoms with Crippen LogP contribution in [0.4, 0.5) is 0 Å². The Morgan fingerprint density at radius 2 is 2.00 bits per heavy atom. The fourth-order valence-electron chi connectivity index (χ4n) is 5.92. The van der Waals surface area contributed by atoms with E-state index in [1.54, 1.807) is 12.2 Å². The second-order valence-electron chi connectivity index (χ2n) is 9.02. The second-order valence-corrected chi connectivity index (χ2v) is 9.02. The Labute approximate surface area is 161 Å². The molecule has 5 heteroatoms. The van der Waals surface area contributed by atoms with Crippen LogP contribution in [-0.2, 0) is 14.3 Å². The third-order valence-corrected chi connectivity index (χ3v) is 7.85. The van der Waals surface area contributed by atoms with E-state index >= 15 is 0 Å². The molecule has 6 unspecified atom stereocenters. The Morgan fingerprint density at radius 1 is 1.30 bits per heavy atom. The molecule has 0 aromatic carbocycles. The molecule has 0 saturated heterocycles. The summed E-state index contributed by atoms with van der Waals surface area (Å²) in [4.78, 5) is 24.3. The van der Waals surface area contributed by atoms with Crippen LogP contribution in [0.1, 0.15) is 52.9 Å². The number of aliphatic hydroxyl groups excluding tert-OH is 1. The summed E-state index contributed by atoms with van der Waals surface area (Å²) in [6.07, 6.45) is 7.39. The van der Waals surface area contributed by atoms with E-state index in [0.717, 1.165) is 18.4 Å².